The maximum atomic E-state index is 5.65. The van der Waals surface area contributed by atoms with Crippen molar-refractivity contribution in [2.24, 2.45) is 0 Å². The Morgan fingerprint density at radius 2 is 1.68 bits per heavy atom. The lowest BCUT2D eigenvalue weighted by Crippen LogP contribution is -2.24. The third-order valence-electron chi connectivity index (χ3n) is 2.64. The van der Waals surface area contributed by atoms with Gasteiger partial charge in [-0.05, 0) is 52.7 Å². The Labute approximate surface area is 133 Å². The molecule has 1 atom stereocenters. The Morgan fingerprint density at radius 1 is 1.00 bits per heavy atom. The van der Waals surface area contributed by atoms with Crippen LogP contribution in [0.15, 0.2) is 0 Å². The third kappa shape index (κ3) is 13.5. The second-order valence-electron chi connectivity index (χ2n) is 4.24. The lowest BCUT2D eigenvalue weighted by molar-refractivity contribution is 0.130. The number of hydrogen-bond acceptors (Lipinski definition) is 4. The molecule has 4 nitrogen and oxygen atoms in total. The van der Waals surface area contributed by atoms with Crippen LogP contribution in [0, 0.1) is 0 Å². The van der Waals surface area contributed by atoms with Gasteiger partial charge in [0.25, 0.3) is 0 Å². The van der Waals surface area contributed by atoms with Gasteiger partial charge in [0.2, 0.25) is 0 Å². The Bertz CT molecular complexity index is 183. The van der Waals surface area contributed by atoms with E-state index in [9.17, 15) is 0 Å². The monoisotopic (exact) mass is 403 g/mol. The first kappa shape index (κ1) is 19.8. The van der Waals surface area contributed by atoms with Crippen LogP contribution in [-0.2, 0) is 13.6 Å². The van der Waals surface area contributed by atoms with E-state index in [0.29, 0.717) is 4.11 Å². The Morgan fingerprint density at radius 3 is 2.26 bits per heavy atom. The van der Waals surface area contributed by atoms with Gasteiger partial charge < -0.3 is 18.9 Å². The van der Waals surface area contributed by atoms with Crippen LogP contribution in [0.1, 0.15) is 40.0 Å². The van der Waals surface area contributed by atoms with Crippen molar-refractivity contribution in [1.29, 1.82) is 0 Å². The average Bonchev–Trinajstić information content (AvgIpc) is 2.38. The molecule has 116 valence electrons. The highest BCUT2D eigenvalue weighted by Gasteiger charge is 2.10. The van der Waals surface area contributed by atoms with E-state index in [1.54, 1.807) is 0 Å². The molecule has 0 saturated heterocycles. The van der Waals surface area contributed by atoms with Crippen molar-refractivity contribution in [2.45, 2.75) is 50.2 Å². The van der Waals surface area contributed by atoms with Crippen molar-refractivity contribution in [3.63, 3.8) is 0 Å². The highest BCUT2D eigenvalue weighted by atomic mass is 127. The van der Waals surface area contributed by atoms with E-state index in [1.807, 2.05) is 20.8 Å². The van der Waals surface area contributed by atoms with Gasteiger partial charge in [0.15, 0.2) is 0 Å². The maximum absolute atomic E-state index is 5.65. The summed E-state index contributed by atoms with van der Waals surface area (Å²) in [7, 11) is -1.37. The number of nitrogens with one attached hydrogen (secondary N) is 1. The van der Waals surface area contributed by atoms with E-state index in [1.165, 1.54) is 12.8 Å². The molecule has 0 amide bonds. The molecule has 6 heteroatoms. The van der Waals surface area contributed by atoms with Gasteiger partial charge in [0, 0.05) is 19.8 Å². The molecule has 0 heterocycles. The molecule has 19 heavy (non-hydrogen) atoms. The first-order chi connectivity index (χ1) is 9.24. The zero-order valence-electron chi connectivity index (χ0n) is 12.6. The average molecular weight is 403 g/mol. The van der Waals surface area contributed by atoms with E-state index in [-0.39, 0.29) is 0 Å². The number of halogens is 1. The molecule has 0 aliphatic carbocycles. The molecule has 0 rings (SSSR count). The van der Waals surface area contributed by atoms with Gasteiger partial charge in [-0.1, -0.05) is 29.0 Å². The van der Waals surface area contributed by atoms with Crippen LogP contribution >= 0.6 is 22.6 Å². The normalized spacial score (nSPS) is 13.1. The van der Waals surface area contributed by atoms with Gasteiger partial charge in [-0.25, -0.2) is 0 Å². The summed E-state index contributed by atoms with van der Waals surface area (Å²) < 4.78 is 17.1. The Hall–Kier alpha value is 0.787. The topological polar surface area (TPSA) is 39.7 Å². The van der Waals surface area contributed by atoms with Gasteiger partial charge in [0.05, 0.1) is 0 Å². The number of ether oxygens (including phenoxy) is 1. The van der Waals surface area contributed by atoms with Crippen LogP contribution in [0.2, 0.25) is 6.04 Å². The van der Waals surface area contributed by atoms with E-state index >= 15 is 0 Å². The SMILES string of the molecule is CCO[C@H](I)CCNCCCC[SiH](OCC)OCC. The highest BCUT2D eigenvalue weighted by molar-refractivity contribution is 14.1. The van der Waals surface area contributed by atoms with E-state index in [4.69, 9.17) is 13.6 Å². The first-order valence-electron chi connectivity index (χ1n) is 7.44. The van der Waals surface area contributed by atoms with Crippen LogP contribution in [0.5, 0.6) is 0 Å². The molecule has 0 radical (unpaired) electrons. The molecular weight excluding hydrogens is 373 g/mol. The zero-order chi connectivity index (χ0) is 14.3. The maximum Gasteiger partial charge on any atom is 0.321 e. The quantitative estimate of drug-likeness (QED) is 0.210. The lowest BCUT2D eigenvalue weighted by Gasteiger charge is -2.14. The predicted molar refractivity (Wildman–Crippen MR) is 91.4 cm³/mol. The molecule has 0 unspecified atom stereocenters. The minimum Gasteiger partial charge on any atom is -0.397 e. The molecule has 0 aromatic rings. The highest BCUT2D eigenvalue weighted by Crippen LogP contribution is 2.07. The van der Waals surface area contributed by atoms with Crippen LogP contribution in [-0.4, -0.2) is 46.3 Å². The van der Waals surface area contributed by atoms with Crippen molar-refractivity contribution in [3.8, 4) is 0 Å². The summed E-state index contributed by atoms with van der Waals surface area (Å²) in [5, 5.41) is 3.46. The van der Waals surface area contributed by atoms with Crippen LogP contribution < -0.4 is 5.32 Å². The molecule has 0 aliphatic rings. The molecule has 0 aromatic heterocycles. The summed E-state index contributed by atoms with van der Waals surface area (Å²) in [6.07, 6.45) is 3.47. The fourth-order valence-corrected chi connectivity index (χ4v) is 4.22. The van der Waals surface area contributed by atoms with Crippen molar-refractivity contribution < 1.29 is 13.6 Å². The van der Waals surface area contributed by atoms with E-state index < -0.39 is 9.28 Å². The molecule has 1 N–H and O–H groups in total. The largest absolute Gasteiger partial charge is 0.397 e. The molecule has 0 aromatic carbocycles. The summed E-state index contributed by atoms with van der Waals surface area (Å²) in [6.45, 7) is 10.6. The second kappa shape index (κ2) is 15.2. The van der Waals surface area contributed by atoms with Crippen molar-refractivity contribution in [2.75, 3.05) is 32.9 Å². The summed E-state index contributed by atoms with van der Waals surface area (Å²) in [6, 6.07) is 1.12. The van der Waals surface area contributed by atoms with Gasteiger partial charge in [-0.3, -0.25) is 0 Å². The third-order valence-corrected chi connectivity index (χ3v) is 5.92. The number of alkyl halides is 1. The fourth-order valence-electron chi connectivity index (χ4n) is 1.75. The molecule has 0 aliphatic heterocycles. The predicted octanol–water partition coefficient (Wildman–Crippen LogP) is 2.84. The van der Waals surface area contributed by atoms with Crippen molar-refractivity contribution >= 4 is 31.9 Å². The van der Waals surface area contributed by atoms with E-state index in [0.717, 1.165) is 45.4 Å². The number of unbranched alkanes of at least 4 members (excludes halogenated alkanes) is 1. The summed E-state index contributed by atoms with van der Waals surface area (Å²) in [5.41, 5.74) is 0. The zero-order valence-corrected chi connectivity index (χ0v) is 15.9. The smallest absolute Gasteiger partial charge is 0.321 e. The minimum absolute atomic E-state index is 0.336. The fraction of sp³-hybridized carbons (Fsp3) is 1.00. The van der Waals surface area contributed by atoms with Crippen LogP contribution in [0.4, 0.5) is 0 Å². The molecule has 0 saturated carbocycles. The van der Waals surface area contributed by atoms with Crippen molar-refractivity contribution in [1.82, 2.24) is 5.32 Å². The molecule has 0 spiro atoms. The number of rotatable bonds is 14. The summed E-state index contributed by atoms with van der Waals surface area (Å²) >= 11 is 2.35. The van der Waals surface area contributed by atoms with Gasteiger partial charge in [0.1, 0.15) is 4.11 Å². The molecular formula is C13H30INO3Si. The van der Waals surface area contributed by atoms with E-state index in [2.05, 4.69) is 27.9 Å². The standard InChI is InChI=1S/C13H30INO3Si/c1-4-16-13(14)9-11-15-10-7-8-12-19(17-5-2)18-6-3/h13,15,19H,4-12H2,1-3H3/t13-/m0/s1. The Balaban J connectivity index is 3.33. The molecule has 0 fully saturated rings. The summed E-state index contributed by atoms with van der Waals surface area (Å²) in [5.74, 6) is 0. The lowest BCUT2D eigenvalue weighted by atomic mass is 10.3. The van der Waals surface area contributed by atoms with Gasteiger partial charge in [-0.2, -0.15) is 0 Å². The van der Waals surface area contributed by atoms with Crippen molar-refractivity contribution in [3.05, 3.63) is 0 Å². The van der Waals surface area contributed by atoms with Crippen LogP contribution in [0.25, 0.3) is 0 Å². The first-order valence-corrected chi connectivity index (χ1v) is 10.4. The second-order valence-corrected chi connectivity index (χ2v) is 7.73. The van der Waals surface area contributed by atoms with Gasteiger partial charge in [-0.15, -0.1) is 0 Å². The van der Waals surface area contributed by atoms with Gasteiger partial charge >= 0.3 is 9.28 Å². The minimum atomic E-state index is -1.37. The van der Waals surface area contributed by atoms with Crippen LogP contribution in [0.3, 0.4) is 0 Å². The number of hydrogen-bond donors (Lipinski definition) is 1. The molecule has 0 bridgehead atoms. The Kier molecular flexibility index (Phi) is 15.8. The summed E-state index contributed by atoms with van der Waals surface area (Å²) in [4.78, 5) is 0.